The molecule has 1 rings (SSSR count). The molecule has 0 bridgehead atoms. The Morgan fingerprint density at radius 1 is 1.17 bits per heavy atom. The van der Waals surface area contributed by atoms with Crippen LogP contribution < -0.4 is 10.6 Å². The van der Waals surface area contributed by atoms with Crippen molar-refractivity contribution in [2.24, 2.45) is 5.92 Å². The van der Waals surface area contributed by atoms with E-state index >= 15 is 0 Å². The third-order valence-electron chi connectivity index (χ3n) is 3.82. The Labute approximate surface area is 172 Å². The maximum Gasteiger partial charge on any atom is 0.410 e. The van der Waals surface area contributed by atoms with Crippen LogP contribution in [0.3, 0.4) is 0 Å². The number of nitrogens with one attached hydrogen (secondary N) is 2. The van der Waals surface area contributed by atoms with Crippen molar-refractivity contribution in [3.05, 3.63) is 29.8 Å². The van der Waals surface area contributed by atoms with Gasteiger partial charge < -0.3 is 25.0 Å². The van der Waals surface area contributed by atoms with Crippen LogP contribution in [0, 0.1) is 5.92 Å². The van der Waals surface area contributed by atoms with E-state index < -0.39 is 23.8 Å². The summed E-state index contributed by atoms with van der Waals surface area (Å²) in [7, 11) is 2.91. The van der Waals surface area contributed by atoms with Crippen molar-refractivity contribution in [1.29, 1.82) is 0 Å². The highest BCUT2D eigenvalue weighted by molar-refractivity contribution is 5.96. The summed E-state index contributed by atoms with van der Waals surface area (Å²) >= 11 is 0. The second-order valence-electron chi connectivity index (χ2n) is 8.34. The first kappa shape index (κ1) is 24.3. The molecule has 0 aliphatic heterocycles. The van der Waals surface area contributed by atoms with Gasteiger partial charge in [0.1, 0.15) is 11.6 Å². The van der Waals surface area contributed by atoms with Crippen LogP contribution in [0.15, 0.2) is 24.3 Å². The number of ether oxygens (including phenoxy) is 2. The summed E-state index contributed by atoms with van der Waals surface area (Å²) in [5.74, 6) is -0.126. The largest absolute Gasteiger partial charge is 0.453 e. The van der Waals surface area contributed by atoms with Gasteiger partial charge in [-0.2, -0.15) is 0 Å². The van der Waals surface area contributed by atoms with Crippen molar-refractivity contribution >= 4 is 23.8 Å². The van der Waals surface area contributed by atoms with Crippen LogP contribution in [0.1, 0.15) is 46.6 Å². The van der Waals surface area contributed by atoms with Gasteiger partial charge in [0, 0.05) is 19.3 Å². The van der Waals surface area contributed by atoms with Crippen LogP contribution in [-0.2, 0) is 20.8 Å². The average molecular weight is 408 g/mol. The van der Waals surface area contributed by atoms with E-state index in [1.165, 1.54) is 12.0 Å². The van der Waals surface area contributed by atoms with Gasteiger partial charge in [-0.1, -0.05) is 26.0 Å². The highest BCUT2D eigenvalue weighted by Gasteiger charge is 2.23. The molecule has 0 saturated carbocycles. The third kappa shape index (κ3) is 9.32. The van der Waals surface area contributed by atoms with Gasteiger partial charge in [0.25, 0.3) is 0 Å². The van der Waals surface area contributed by atoms with Crippen molar-refractivity contribution in [2.75, 3.05) is 19.5 Å². The predicted molar refractivity (Wildman–Crippen MR) is 112 cm³/mol. The number of rotatable bonds is 7. The maximum absolute atomic E-state index is 12.6. The Balaban J connectivity index is 2.81. The molecule has 0 aliphatic rings. The molecule has 29 heavy (non-hydrogen) atoms. The second-order valence-corrected chi connectivity index (χ2v) is 8.34. The average Bonchev–Trinajstić information content (AvgIpc) is 2.59. The fraction of sp³-hybridized carbons (Fsp3) is 0.571. The molecule has 1 unspecified atom stereocenters. The molecular weight excluding hydrogens is 374 g/mol. The van der Waals surface area contributed by atoms with Gasteiger partial charge in [-0.15, -0.1) is 0 Å². The first-order chi connectivity index (χ1) is 13.4. The van der Waals surface area contributed by atoms with E-state index in [1.807, 2.05) is 40.7 Å². The Morgan fingerprint density at radius 2 is 1.83 bits per heavy atom. The Morgan fingerprint density at radius 3 is 2.38 bits per heavy atom. The Hall–Kier alpha value is -2.77. The van der Waals surface area contributed by atoms with E-state index in [1.54, 1.807) is 25.2 Å². The molecule has 1 aromatic rings. The highest BCUT2D eigenvalue weighted by Crippen LogP contribution is 2.16. The molecule has 1 aromatic carbocycles. The molecule has 2 N–H and O–H groups in total. The van der Waals surface area contributed by atoms with Gasteiger partial charge in [-0.25, -0.2) is 9.59 Å². The van der Waals surface area contributed by atoms with Gasteiger partial charge in [-0.3, -0.25) is 4.79 Å². The van der Waals surface area contributed by atoms with Crippen LogP contribution in [0.4, 0.5) is 15.3 Å². The number of hydrogen-bond acceptors (Lipinski definition) is 5. The number of carbonyl (C=O) groups is 3. The molecule has 0 radical (unpaired) electrons. The van der Waals surface area contributed by atoms with E-state index in [0.29, 0.717) is 18.7 Å². The lowest BCUT2D eigenvalue weighted by Gasteiger charge is -2.25. The molecule has 0 aliphatic carbocycles. The number of alkyl carbamates (subject to hydrolysis) is 1. The van der Waals surface area contributed by atoms with E-state index in [2.05, 4.69) is 15.4 Å². The summed E-state index contributed by atoms with van der Waals surface area (Å²) in [6.45, 7) is 9.69. The first-order valence-corrected chi connectivity index (χ1v) is 9.59. The topological polar surface area (TPSA) is 97.0 Å². The first-order valence-electron chi connectivity index (χ1n) is 9.59. The van der Waals surface area contributed by atoms with Crippen molar-refractivity contribution in [1.82, 2.24) is 10.2 Å². The van der Waals surface area contributed by atoms with Crippen molar-refractivity contribution < 1.29 is 23.9 Å². The number of nitrogens with zero attached hydrogens (tertiary/aromatic N) is 1. The molecule has 0 fully saturated rings. The molecule has 0 saturated heterocycles. The van der Waals surface area contributed by atoms with E-state index in [9.17, 15) is 14.4 Å². The number of carbonyl (C=O) groups excluding carboxylic acids is 3. The monoisotopic (exact) mass is 407 g/mol. The molecule has 0 spiro atoms. The standard InChI is InChI=1S/C21H33N3O5/c1-14(2)11-17(23-19(26)28-7)18(25)22-16-10-8-9-15(12-16)13-24(6)20(27)29-21(3,4)5/h8-10,12,14,17H,11,13H2,1-7H3,(H,22,25)(H,23,26). The summed E-state index contributed by atoms with van der Waals surface area (Å²) in [5, 5.41) is 5.37. The zero-order valence-electron chi connectivity index (χ0n) is 18.4. The SMILES string of the molecule is COC(=O)NC(CC(C)C)C(=O)Nc1cccc(CN(C)C(=O)OC(C)(C)C)c1. The second kappa shape index (κ2) is 10.7. The Kier molecular flexibility index (Phi) is 8.94. The van der Waals surface area contributed by atoms with Crippen LogP contribution in [0.25, 0.3) is 0 Å². The van der Waals surface area contributed by atoms with E-state index in [-0.39, 0.29) is 11.8 Å². The van der Waals surface area contributed by atoms with Crippen LogP contribution in [-0.4, -0.2) is 48.8 Å². The highest BCUT2D eigenvalue weighted by atomic mass is 16.6. The molecule has 162 valence electrons. The van der Waals surface area contributed by atoms with E-state index in [4.69, 9.17) is 4.74 Å². The van der Waals surface area contributed by atoms with Gasteiger partial charge in [-0.05, 0) is 50.8 Å². The molecule has 3 amide bonds. The minimum absolute atomic E-state index is 0.205. The number of amides is 3. The van der Waals surface area contributed by atoms with E-state index in [0.717, 1.165) is 5.56 Å². The minimum Gasteiger partial charge on any atom is -0.453 e. The molecule has 0 heterocycles. The number of benzene rings is 1. The minimum atomic E-state index is -0.712. The van der Waals surface area contributed by atoms with Crippen LogP contribution in [0.2, 0.25) is 0 Å². The number of hydrogen-bond donors (Lipinski definition) is 2. The summed E-state index contributed by atoms with van der Waals surface area (Å²) in [5.41, 5.74) is 0.835. The summed E-state index contributed by atoms with van der Waals surface area (Å²) < 4.78 is 9.95. The van der Waals surface area contributed by atoms with Gasteiger partial charge in [0.2, 0.25) is 5.91 Å². The smallest absolute Gasteiger partial charge is 0.410 e. The normalized spacial score (nSPS) is 12.1. The van der Waals surface area contributed by atoms with Gasteiger partial charge >= 0.3 is 12.2 Å². The predicted octanol–water partition coefficient (Wildman–Crippen LogP) is 3.76. The fourth-order valence-corrected chi connectivity index (χ4v) is 2.56. The molecular formula is C21H33N3O5. The molecule has 0 aromatic heterocycles. The third-order valence-corrected chi connectivity index (χ3v) is 3.82. The Bertz CT molecular complexity index is 713. The number of anilines is 1. The maximum atomic E-state index is 12.6. The summed E-state index contributed by atoms with van der Waals surface area (Å²) in [6, 6.07) is 6.46. The quantitative estimate of drug-likeness (QED) is 0.717. The van der Waals surface area contributed by atoms with Crippen molar-refractivity contribution in [2.45, 2.75) is 59.2 Å². The lowest BCUT2D eigenvalue weighted by molar-refractivity contribution is -0.118. The van der Waals surface area contributed by atoms with Crippen LogP contribution in [0.5, 0.6) is 0 Å². The molecule has 1 atom stereocenters. The zero-order chi connectivity index (χ0) is 22.2. The summed E-state index contributed by atoms with van der Waals surface area (Å²) in [4.78, 5) is 37.8. The lowest BCUT2D eigenvalue weighted by atomic mass is 10.0. The van der Waals surface area contributed by atoms with Crippen molar-refractivity contribution in [3.8, 4) is 0 Å². The molecule has 8 nitrogen and oxygen atoms in total. The molecule has 8 heteroatoms. The van der Waals surface area contributed by atoms with Crippen LogP contribution >= 0.6 is 0 Å². The number of methoxy groups -OCH3 is 1. The van der Waals surface area contributed by atoms with Crippen molar-refractivity contribution in [3.63, 3.8) is 0 Å². The lowest BCUT2D eigenvalue weighted by Crippen LogP contribution is -2.44. The fourth-order valence-electron chi connectivity index (χ4n) is 2.56. The van der Waals surface area contributed by atoms with Gasteiger partial charge in [0.05, 0.1) is 7.11 Å². The summed E-state index contributed by atoms with van der Waals surface area (Å²) in [6.07, 6.45) is -0.605. The van der Waals surface area contributed by atoms with Gasteiger partial charge in [0.15, 0.2) is 0 Å². The zero-order valence-corrected chi connectivity index (χ0v) is 18.4.